The Morgan fingerprint density at radius 3 is 2.61 bits per heavy atom. The Hall–Kier alpha value is -2.26. The van der Waals surface area contributed by atoms with Crippen LogP contribution in [0, 0.1) is 0 Å². The first-order chi connectivity index (χ1) is 8.41. The Balaban J connectivity index is 2.72. The molecule has 0 aliphatic rings. The lowest BCUT2D eigenvalue weighted by Crippen LogP contribution is -2.21. The second kappa shape index (κ2) is 4.20. The van der Waals surface area contributed by atoms with Crippen molar-refractivity contribution >= 4 is 16.7 Å². The largest absolute Gasteiger partial charge is 0.423 e. The molecule has 1 aromatic heterocycles. The molecule has 18 heavy (non-hydrogen) atoms. The minimum absolute atomic E-state index is 0.266. The van der Waals surface area contributed by atoms with Crippen molar-refractivity contribution in [2.24, 2.45) is 5.11 Å². The number of rotatable bonds is 1. The van der Waals surface area contributed by atoms with E-state index < -0.39 is 0 Å². The van der Waals surface area contributed by atoms with Gasteiger partial charge in [-0.05, 0) is 23.1 Å². The van der Waals surface area contributed by atoms with Crippen molar-refractivity contribution in [3.05, 3.63) is 50.7 Å². The summed E-state index contributed by atoms with van der Waals surface area (Å²) in [6.45, 7) is 5.87. The topological polar surface area (TPSA) is 79.0 Å². The minimum Gasteiger partial charge on any atom is -0.423 e. The summed E-state index contributed by atoms with van der Waals surface area (Å²) in [5, 5.41) is 4.29. The third-order valence-electron chi connectivity index (χ3n) is 2.69. The highest BCUT2D eigenvalue weighted by molar-refractivity contribution is 5.80. The number of hydrogen-bond donors (Lipinski definition) is 0. The molecule has 5 heteroatoms. The molecule has 0 saturated carbocycles. The fourth-order valence-electron chi connectivity index (χ4n) is 1.74. The quantitative estimate of drug-likeness (QED) is 0.328. The molecule has 0 fully saturated rings. The Labute approximate surface area is 104 Å². The fourth-order valence-corrected chi connectivity index (χ4v) is 1.74. The second-order valence-corrected chi connectivity index (χ2v) is 5.11. The molecule has 0 N–H and O–H groups in total. The molecule has 2 rings (SSSR count). The predicted octanol–water partition coefficient (Wildman–Crippen LogP) is 4.03. The molecule has 0 spiro atoms. The normalized spacial score (nSPS) is 11.3. The second-order valence-electron chi connectivity index (χ2n) is 5.11. The predicted molar refractivity (Wildman–Crippen MR) is 70.0 cm³/mol. The van der Waals surface area contributed by atoms with Crippen LogP contribution in [-0.4, -0.2) is 0 Å². The van der Waals surface area contributed by atoms with E-state index in [1.807, 2.05) is 26.8 Å². The highest BCUT2D eigenvalue weighted by atomic mass is 16.4. The zero-order chi connectivity index (χ0) is 13.3. The summed E-state index contributed by atoms with van der Waals surface area (Å²) in [7, 11) is 0. The molecule has 1 heterocycles. The van der Waals surface area contributed by atoms with Crippen LogP contribution in [0.1, 0.15) is 26.3 Å². The number of benzene rings is 1. The lowest BCUT2D eigenvalue weighted by Gasteiger charge is -2.17. The van der Waals surface area contributed by atoms with Gasteiger partial charge in [-0.3, -0.25) is 0 Å². The molecule has 5 nitrogen and oxygen atoms in total. The van der Waals surface area contributed by atoms with E-state index in [-0.39, 0.29) is 11.0 Å². The summed E-state index contributed by atoms with van der Waals surface area (Å²) in [6, 6.07) is 6.84. The zero-order valence-electron chi connectivity index (χ0n) is 10.5. The van der Waals surface area contributed by atoms with E-state index in [1.54, 1.807) is 18.2 Å². The highest BCUT2D eigenvalue weighted by Gasteiger charge is 2.19. The van der Waals surface area contributed by atoms with E-state index in [1.165, 1.54) is 0 Å². The molecule has 2 aromatic rings. The van der Waals surface area contributed by atoms with Crippen molar-refractivity contribution in [3.63, 3.8) is 0 Å². The summed E-state index contributed by atoms with van der Waals surface area (Å²) in [5.41, 5.74) is 9.23. The van der Waals surface area contributed by atoms with Gasteiger partial charge in [-0.1, -0.05) is 38.0 Å². The Morgan fingerprint density at radius 1 is 1.28 bits per heavy atom. The molecule has 0 amide bonds. The van der Waals surface area contributed by atoms with Gasteiger partial charge in [-0.25, -0.2) is 4.79 Å². The van der Waals surface area contributed by atoms with Gasteiger partial charge in [0.25, 0.3) is 0 Å². The van der Waals surface area contributed by atoms with Crippen LogP contribution in [0.15, 0.2) is 38.6 Å². The third-order valence-corrected chi connectivity index (χ3v) is 2.69. The van der Waals surface area contributed by atoms with Crippen molar-refractivity contribution in [3.8, 4) is 0 Å². The van der Waals surface area contributed by atoms with Gasteiger partial charge in [0.1, 0.15) is 5.58 Å². The lowest BCUT2D eigenvalue weighted by atomic mass is 9.88. The molecule has 0 bridgehead atoms. The molecule has 0 aliphatic carbocycles. The Bertz CT molecular complexity index is 704. The average Bonchev–Trinajstić information content (AvgIpc) is 2.27. The van der Waals surface area contributed by atoms with Crippen LogP contribution in [0.2, 0.25) is 0 Å². The molecule has 0 saturated heterocycles. The molecule has 1 aromatic carbocycles. The standard InChI is InChI=1S/C13H13N3O2/c1-13(2,3)10-6-8-4-5-9(15-16-14)7-11(8)18-12(10)17/h4-7H,1-3H3. The monoisotopic (exact) mass is 243 g/mol. The van der Waals surface area contributed by atoms with E-state index in [2.05, 4.69) is 10.0 Å². The van der Waals surface area contributed by atoms with Crippen LogP contribution in [-0.2, 0) is 5.41 Å². The molecule has 0 unspecified atom stereocenters. The fraction of sp³-hybridized carbons (Fsp3) is 0.308. The summed E-state index contributed by atoms with van der Waals surface area (Å²) in [4.78, 5) is 14.6. The Morgan fingerprint density at radius 2 is 2.00 bits per heavy atom. The molecule has 0 radical (unpaired) electrons. The van der Waals surface area contributed by atoms with Gasteiger partial charge in [-0.15, -0.1) is 0 Å². The van der Waals surface area contributed by atoms with Gasteiger partial charge in [-0.2, -0.15) is 0 Å². The van der Waals surface area contributed by atoms with E-state index in [0.29, 0.717) is 16.8 Å². The molecule has 92 valence electrons. The number of hydrogen-bond acceptors (Lipinski definition) is 3. The molecular formula is C13H13N3O2. The summed E-state index contributed by atoms with van der Waals surface area (Å²) in [6.07, 6.45) is 0. The molecule has 0 aliphatic heterocycles. The van der Waals surface area contributed by atoms with Crippen molar-refractivity contribution in [1.29, 1.82) is 0 Å². The van der Waals surface area contributed by atoms with Gasteiger partial charge in [0.05, 0.1) is 0 Å². The maximum absolute atomic E-state index is 11.9. The SMILES string of the molecule is CC(C)(C)c1cc2ccc(N=[N+]=[N-])cc2oc1=O. The van der Waals surface area contributed by atoms with E-state index in [9.17, 15) is 4.79 Å². The average molecular weight is 243 g/mol. The van der Waals surface area contributed by atoms with Crippen molar-refractivity contribution in [2.75, 3.05) is 0 Å². The summed E-state index contributed by atoms with van der Waals surface area (Å²) < 4.78 is 5.27. The van der Waals surface area contributed by atoms with Gasteiger partial charge < -0.3 is 4.42 Å². The van der Waals surface area contributed by atoms with Crippen LogP contribution in [0.4, 0.5) is 5.69 Å². The van der Waals surface area contributed by atoms with Gasteiger partial charge in [0.2, 0.25) is 0 Å². The first-order valence-corrected chi connectivity index (χ1v) is 5.55. The van der Waals surface area contributed by atoms with Crippen molar-refractivity contribution in [1.82, 2.24) is 0 Å². The van der Waals surface area contributed by atoms with Gasteiger partial charge in [0.15, 0.2) is 0 Å². The molecule has 0 atom stereocenters. The van der Waals surface area contributed by atoms with Gasteiger partial charge in [0, 0.05) is 21.5 Å². The Kier molecular flexibility index (Phi) is 2.85. The van der Waals surface area contributed by atoms with Crippen molar-refractivity contribution < 1.29 is 4.42 Å². The zero-order valence-corrected chi connectivity index (χ0v) is 10.5. The van der Waals surface area contributed by atoms with Crippen LogP contribution in [0.25, 0.3) is 21.4 Å². The summed E-state index contributed by atoms with van der Waals surface area (Å²) >= 11 is 0. The number of azide groups is 1. The van der Waals surface area contributed by atoms with E-state index in [0.717, 1.165) is 5.39 Å². The van der Waals surface area contributed by atoms with Crippen LogP contribution >= 0.6 is 0 Å². The summed E-state index contributed by atoms with van der Waals surface area (Å²) in [5.74, 6) is 0. The number of nitrogens with zero attached hydrogens (tertiary/aromatic N) is 3. The molecular weight excluding hydrogens is 230 g/mol. The van der Waals surface area contributed by atoms with Crippen LogP contribution in [0.5, 0.6) is 0 Å². The van der Waals surface area contributed by atoms with E-state index in [4.69, 9.17) is 9.95 Å². The first-order valence-electron chi connectivity index (χ1n) is 5.55. The maximum atomic E-state index is 11.9. The minimum atomic E-state index is -0.354. The van der Waals surface area contributed by atoms with Gasteiger partial charge >= 0.3 is 5.63 Å². The number of fused-ring (bicyclic) bond motifs is 1. The van der Waals surface area contributed by atoms with Crippen LogP contribution < -0.4 is 5.63 Å². The van der Waals surface area contributed by atoms with Crippen molar-refractivity contribution in [2.45, 2.75) is 26.2 Å². The first kappa shape index (κ1) is 12.2. The van der Waals surface area contributed by atoms with Crippen LogP contribution in [0.3, 0.4) is 0 Å². The smallest absolute Gasteiger partial charge is 0.339 e. The van der Waals surface area contributed by atoms with E-state index >= 15 is 0 Å². The third kappa shape index (κ3) is 2.21. The highest BCUT2D eigenvalue weighted by Crippen LogP contribution is 2.25. The lowest BCUT2D eigenvalue weighted by molar-refractivity contribution is 0.502. The maximum Gasteiger partial charge on any atom is 0.339 e.